The maximum Gasteiger partial charge on any atom is 0.471 e. The summed E-state index contributed by atoms with van der Waals surface area (Å²) in [7, 11) is 0. The summed E-state index contributed by atoms with van der Waals surface area (Å²) in [5.41, 5.74) is 1.81. The Morgan fingerprint density at radius 2 is 1.96 bits per heavy atom. The number of rotatable bonds is 1. The third kappa shape index (κ3) is 3.50. The van der Waals surface area contributed by atoms with Crippen LogP contribution in [0.2, 0.25) is 5.02 Å². The summed E-state index contributed by atoms with van der Waals surface area (Å²) in [6.07, 6.45) is -3.74. The lowest BCUT2D eigenvalue weighted by Gasteiger charge is -2.43. The Labute approximate surface area is 163 Å². The Balaban J connectivity index is 1.81. The van der Waals surface area contributed by atoms with E-state index < -0.39 is 18.1 Å². The lowest BCUT2D eigenvalue weighted by Crippen LogP contribution is -2.53. The van der Waals surface area contributed by atoms with E-state index in [0.717, 1.165) is 21.0 Å². The molecule has 2 unspecified atom stereocenters. The van der Waals surface area contributed by atoms with Crippen LogP contribution in [0.4, 0.5) is 18.9 Å². The molecule has 0 bridgehead atoms. The Bertz CT molecular complexity index is 889. The van der Waals surface area contributed by atoms with E-state index in [9.17, 15) is 18.0 Å². The highest BCUT2D eigenvalue weighted by Gasteiger charge is 2.44. The number of amides is 1. The number of nitrogens with zero attached hydrogens (tertiary/aromatic N) is 1. The molecule has 3 nitrogen and oxygen atoms in total. The normalized spacial score (nSPS) is 21.6. The van der Waals surface area contributed by atoms with Crippen LogP contribution in [-0.2, 0) is 4.79 Å². The third-order valence-corrected chi connectivity index (χ3v) is 6.28. The molecule has 0 aromatic heterocycles. The number of carbonyl (C=O) groups excluding carboxylic acids is 1. The first-order chi connectivity index (χ1) is 12.8. The van der Waals surface area contributed by atoms with Gasteiger partial charge in [0.1, 0.15) is 0 Å². The van der Waals surface area contributed by atoms with Crippen molar-refractivity contribution in [3.8, 4) is 0 Å². The number of nitrogens with one attached hydrogen (secondary N) is 1. The second-order valence-corrected chi connectivity index (χ2v) is 8.13. The molecule has 0 radical (unpaired) electrons. The van der Waals surface area contributed by atoms with Crippen LogP contribution in [0.5, 0.6) is 0 Å². The van der Waals surface area contributed by atoms with E-state index in [1.54, 1.807) is 11.8 Å². The largest absolute Gasteiger partial charge is 0.471 e. The van der Waals surface area contributed by atoms with Crippen LogP contribution in [0.1, 0.15) is 24.4 Å². The number of hydrogen-bond donors (Lipinski definition) is 1. The minimum atomic E-state index is -4.90. The molecule has 2 aliphatic rings. The molecule has 142 valence electrons. The molecule has 2 aliphatic heterocycles. The maximum atomic E-state index is 12.8. The van der Waals surface area contributed by atoms with Crippen LogP contribution in [-0.4, -0.2) is 24.7 Å². The van der Waals surface area contributed by atoms with Crippen LogP contribution in [0.25, 0.3) is 0 Å². The first-order valence-electron chi connectivity index (χ1n) is 8.55. The van der Waals surface area contributed by atoms with E-state index in [4.69, 9.17) is 11.6 Å². The van der Waals surface area contributed by atoms with Gasteiger partial charge in [-0.2, -0.15) is 13.2 Å². The number of anilines is 1. The summed E-state index contributed by atoms with van der Waals surface area (Å²) >= 11 is 7.77. The summed E-state index contributed by atoms with van der Waals surface area (Å²) in [6, 6.07) is 12.2. The van der Waals surface area contributed by atoms with Crippen molar-refractivity contribution in [2.45, 2.75) is 40.9 Å². The summed E-state index contributed by atoms with van der Waals surface area (Å²) in [4.78, 5) is 15.7. The highest BCUT2D eigenvalue weighted by molar-refractivity contribution is 7.99. The fraction of sp³-hybridized carbons (Fsp3) is 0.316. The summed E-state index contributed by atoms with van der Waals surface area (Å²) in [5.74, 6) is -1.89. The predicted octanol–water partition coefficient (Wildman–Crippen LogP) is 5.19. The molecule has 1 N–H and O–H groups in total. The number of piperidine rings is 1. The molecular weight excluding hydrogens is 397 g/mol. The van der Waals surface area contributed by atoms with Gasteiger partial charge in [-0.15, -0.1) is 0 Å². The molecule has 0 saturated carbocycles. The van der Waals surface area contributed by atoms with Gasteiger partial charge in [-0.3, -0.25) is 4.79 Å². The SMILES string of the molecule is O=C(NC1CCCN2c3cc(Cl)ccc3Sc3ccccc3C12)C(F)(F)F. The number of carbonyl (C=O) groups is 1. The topological polar surface area (TPSA) is 32.3 Å². The summed E-state index contributed by atoms with van der Waals surface area (Å²) in [5, 5.41) is 2.79. The van der Waals surface area contributed by atoms with Gasteiger partial charge in [0.15, 0.2) is 0 Å². The Kier molecular flexibility index (Phi) is 4.76. The monoisotopic (exact) mass is 412 g/mol. The van der Waals surface area contributed by atoms with Crippen LogP contribution in [0.15, 0.2) is 52.3 Å². The van der Waals surface area contributed by atoms with Crippen LogP contribution >= 0.6 is 23.4 Å². The standard InChI is InChI=1S/C19H16ClF3N2OS/c20-11-7-8-16-14(10-11)25-9-3-5-13(24-18(26)19(21,22)23)17(25)12-4-1-2-6-15(12)27-16/h1-2,4,6-8,10,13,17H,3,5,9H2,(H,24,26). The average Bonchev–Trinajstić information content (AvgIpc) is 2.76. The van der Waals surface area contributed by atoms with Crippen molar-refractivity contribution < 1.29 is 18.0 Å². The molecule has 2 heterocycles. The number of benzene rings is 2. The highest BCUT2D eigenvalue weighted by Crippen LogP contribution is 2.49. The van der Waals surface area contributed by atoms with E-state index in [-0.39, 0.29) is 6.04 Å². The van der Waals surface area contributed by atoms with Crippen molar-refractivity contribution in [3.05, 3.63) is 53.1 Å². The molecule has 8 heteroatoms. The average molecular weight is 413 g/mol. The van der Waals surface area contributed by atoms with Crippen molar-refractivity contribution in [3.63, 3.8) is 0 Å². The Morgan fingerprint density at radius 1 is 1.19 bits per heavy atom. The molecule has 0 aliphatic carbocycles. The summed E-state index contributed by atoms with van der Waals surface area (Å²) in [6.45, 7) is 0.686. The maximum absolute atomic E-state index is 12.8. The first kappa shape index (κ1) is 18.5. The van der Waals surface area contributed by atoms with Gasteiger partial charge < -0.3 is 10.2 Å². The van der Waals surface area contributed by atoms with Crippen molar-refractivity contribution in [1.82, 2.24) is 5.32 Å². The van der Waals surface area contributed by atoms with E-state index in [1.807, 2.05) is 42.5 Å². The van der Waals surface area contributed by atoms with Gasteiger partial charge in [-0.25, -0.2) is 0 Å². The molecule has 2 aromatic carbocycles. The smallest absolute Gasteiger partial charge is 0.361 e. The lowest BCUT2D eigenvalue weighted by molar-refractivity contribution is -0.174. The minimum absolute atomic E-state index is 0.381. The zero-order valence-electron chi connectivity index (χ0n) is 14.1. The van der Waals surface area contributed by atoms with E-state index >= 15 is 0 Å². The fourth-order valence-corrected chi connectivity index (χ4v) is 5.06. The summed E-state index contributed by atoms with van der Waals surface area (Å²) < 4.78 is 38.5. The molecule has 0 spiro atoms. The molecular formula is C19H16ClF3N2OS. The van der Waals surface area contributed by atoms with Crippen LogP contribution < -0.4 is 10.2 Å². The molecule has 1 saturated heterocycles. The van der Waals surface area contributed by atoms with Crippen molar-refractivity contribution in [1.29, 1.82) is 0 Å². The Hall–Kier alpha value is -1.86. The third-order valence-electron chi connectivity index (χ3n) is 4.89. The van der Waals surface area contributed by atoms with Gasteiger partial charge in [0.2, 0.25) is 0 Å². The van der Waals surface area contributed by atoms with E-state index in [1.165, 1.54) is 0 Å². The second kappa shape index (κ2) is 6.95. The molecule has 2 aromatic rings. The van der Waals surface area contributed by atoms with Gasteiger partial charge in [0, 0.05) is 21.4 Å². The van der Waals surface area contributed by atoms with Crippen molar-refractivity contribution >= 4 is 35.0 Å². The fourth-order valence-electron chi connectivity index (χ4n) is 3.79. The Morgan fingerprint density at radius 3 is 2.74 bits per heavy atom. The van der Waals surface area contributed by atoms with Crippen LogP contribution in [0.3, 0.4) is 0 Å². The number of alkyl halides is 3. The van der Waals surface area contributed by atoms with Gasteiger partial charge in [0.05, 0.1) is 17.8 Å². The zero-order valence-corrected chi connectivity index (χ0v) is 15.7. The molecule has 27 heavy (non-hydrogen) atoms. The highest BCUT2D eigenvalue weighted by atomic mass is 35.5. The van der Waals surface area contributed by atoms with Crippen LogP contribution in [0, 0.1) is 0 Å². The van der Waals surface area contributed by atoms with Gasteiger partial charge in [-0.1, -0.05) is 41.6 Å². The van der Waals surface area contributed by atoms with Gasteiger partial charge in [0.25, 0.3) is 0 Å². The minimum Gasteiger partial charge on any atom is -0.361 e. The lowest BCUT2D eigenvalue weighted by atomic mass is 9.89. The second-order valence-electron chi connectivity index (χ2n) is 6.61. The van der Waals surface area contributed by atoms with E-state index in [0.29, 0.717) is 24.4 Å². The molecule has 2 atom stereocenters. The van der Waals surface area contributed by atoms with Crippen molar-refractivity contribution in [2.75, 3.05) is 11.4 Å². The zero-order chi connectivity index (χ0) is 19.2. The molecule has 1 amide bonds. The van der Waals surface area contributed by atoms with Gasteiger partial charge in [-0.05, 0) is 42.7 Å². The van der Waals surface area contributed by atoms with Gasteiger partial charge >= 0.3 is 12.1 Å². The molecule has 1 fully saturated rings. The van der Waals surface area contributed by atoms with Crippen molar-refractivity contribution in [2.24, 2.45) is 0 Å². The number of halogens is 4. The first-order valence-corrected chi connectivity index (χ1v) is 9.75. The number of hydrogen-bond acceptors (Lipinski definition) is 3. The number of fused-ring (bicyclic) bond motifs is 5. The predicted molar refractivity (Wildman–Crippen MR) is 99.3 cm³/mol. The van der Waals surface area contributed by atoms with E-state index in [2.05, 4.69) is 10.2 Å². The quantitative estimate of drug-likeness (QED) is 0.699. The molecule has 4 rings (SSSR count).